The number of para-hydroxylation sites is 1. The number of aryl methyl sites for hydroxylation is 1. The Hall–Kier alpha value is -3.58. The molecule has 4 aromatic rings. The molecule has 0 radical (unpaired) electrons. The van der Waals surface area contributed by atoms with Crippen LogP contribution in [0.2, 0.25) is 0 Å². The first-order valence-electron chi connectivity index (χ1n) is 10.3. The van der Waals surface area contributed by atoms with Crippen LogP contribution in [-0.4, -0.2) is 27.9 Å². The van der Waals surface area contributed by atoms with Crippen molar-refractivity contribution in [2.24, 2.45) is 0 Å². The van der Waals surface area contributed by atoms with Crippen LogP contribution in [0.4, 0.5) is 0 Å². The minimum Gasteiger partial charge on any atom is -0.454 e. The fourth-order valence-electron chi connectivity index (χ4n) is 3.60. The molecule has 0 bridgehead atoms. The summed E-state index contributed by atoms with van der Waals surface area (Å²) >= 11 is 1.25. The smallest absolute Gasteiger partial charge is 0.266 e. The van der Waals surface area contributed by atoms with Crippen LogP contribution < -0.4 is 15.0 Å². The first kappa shape index (κ1) is 20.3. The molecular formula is C25H20N2O4S. The maximum absolute atomic E-state index is 13.3. The first-order valence-corrected chi connectivity index (χ1v) is 11.3. The third kappa shape index (κ3) is 3.76. The fraction of sp³-hybridized carbons (Fsp3) is 0.160. The molecule has 32 heavy (non-hydrogen) atoms. The van der Waals surface area contributed by atoms with Gasteiger partial charge in [0.15, 0.2) is 22.4 Å². The number of fused-ring (bicyclic) bond motifs is 2. The molecule has 0 unspecified atom stereocenters. The third-order valence-corrected chi connectivity index (χ3v) is 6.31. The number of hydrogen-bond acceptors (Lipinski definition) is 6. The van der Waals surface area contributed by atoms with E-state index in [-0.39, 0.29) is 23.9 Å². The average molecular weight is 445 g/mol. The van der Waals surface area contributed by atoms with Crippen molar-refractivity contribution >= 4 is 28.4 Å². The van der Waals surface area contributed by atoms with Crippen molar-refractivity contribution in [3.63, 3.8) is 0 Å². The highest BCUT2D eigenvalue weighted by Crippen LogP contribution is 2.33. The number of Topliss-reactive ketones (excluding diaryl/α,β-unsaturated/α-hetero) is 1. The van der Waals surface area contributed by atoms with Gasteiger partial charge in [-0.2, -0.15) is 0 Å². The SMILES string of the molecule is CCc1ccc(-n2c(SCC(=O)c3ccc4c(c3)OCO4)nc3ccccc3c2=O)cc1. The Morgan fingerprint density at radius 3 is 2.62 bits per heavy atom. The summed E-state index contributed by atoms with van der Waals surface area (Å²) < 4.78 is 12.3. The summed E-state index contributed by atoms with van der Waals surface area (Å²) in [6, 6.07) is 20.2. The van der Waals surface area contributed by atoms with Gasteiger partial charge in [-0.1, -0.05) is 43.0 Å². The maximum atomic E-state index is 13.3. The van der Waals surface area contributed by atoms with Crippen molar-refractivity contribution < 1.29 is 14.3 Å². The second-order valence-corrected chi connectivity index (χ2v) is 8.29. The molecule has 7 heteroatoms. The summed E-state index contributed by atoms with van der Waals surface area (Å²) in [4.78, 5) is 30.9. The first-order chi connectivity index (χ1) is 15.6. The Kier molecular flexibility index (Phi) is 5.41. The van der Waals surface area contributed by atoms with Crippen LogP contribution in [0.5, 0.6) is 11.5 Å². The van der Waals surface area contributed by atoms with Gasteiger partial charge in [0.2, 0.25) is 6.79 Å². The molecule has 6 nitrogen and oxygen atoms in total. The Morgan fingerprint density at radius 2 is 1.81 bits per heavy atom. The van der Waals surface area contributed by atoms with Gasteiger partial charge in [-0.3, -0.25) is 14.2 Å². The van der Waals surface area contributed by atoms with E-state index in [2.05, 4.69) is 6.92 Å². The van der Waals surface area contributed by atoms with Gasteiger partial charge in [-0.25, -0.2) is 4.98 Å². The largest absolute Gasteiger partial charge is 0.454 e. The van der Waals surface area contributed by atoms with E-state index in [4.69, 9.17) is 14.5 Å². The highest BCUT2D eigenvalue weighted by molar-refractivity contribution is 7.99. The topological polar surface area (TPSA) is 70.4 Å². The van der Waals surface area contributed by atoms with E-state index >= 15 is 0 Å². The van der Waals surface area contributed by atoms with Gasteiger partial charge in [-0.15, -0.1) is 0 Å². The molecule has 0 fully saturated rings. The standard InChI is InChI=1S/C25H20N2O4S/c1-2-16-7-10-18(11-8-16)27-24(29)19-5-3-4-6-20(19)26-25(27)32-14-21(28)17-9-12-22-23(13-17)31-15-30-22/h3-13H,2,14-15H2,1H3. The zero-order valence-corrected chi connectivity index (χ0v) is 18.2. The van der Waals surface area contributed by atoms with Crippen LogP contribution in [0, 0.1) is 0 Å². The summed E-state index contributed by atoms with van der Waals surface area (Å²) in [5.41, 5.74) is 2.89. The summed E-state index contributed by atoms with van der Waals surface area (Å²) in [5.74, 6) is 1.26. The lowest BCUT2D eigenvalue weighted by molar-refractivity contribution is 0.102. The molecule has 0 aliphatic carbocycles. The Bertz CT molecular complexity index is 1380. The van der Waals surface area contributed by atoms with E-state index in [1.807, 2.05) is 42.5 Å². The van der Waals surface area contributed by atoms with Gasteiger partial charge in [0.25, 0.3) is 5.56 Å². The highest BCUT2D eigenvalue weighted by Gasteiger charge is 2.18. The minimum absolute atomic E-state index is 0.0800. The van der Waals surface area contributed by atoms with E-state index in [1.165, 1.54) is 17.3 Å². The highest BCUT2D eigenvalue weighted by atomic mass is 32.2. The molecule has 3 aromatic carbocycles. The molecule has 0 spiro atoms. The normalized spacial score (nSPS) is 12.3. The summed E-state index contributed by atoms with van der Waals surface area (Å²) in [7, 11) is 0. The molecule has 1 aromatic heterocycles. The minimum atomic E-state index is -0.155. The van der Waals surface area contributed by atoms with Crippen LogP contribution in [0.3, 0.4) is 0 Å². The third-order valence-electron chi connectivity index (χ3n) is 5.37. The number of hydrogen-bond donors (Lipinski definition) is 0. The number of benzene rings is 3. The summed E-state index contributed by atoms with van der Waals surface area (Å²) in [5, 5.41) is 1.02. The molecule has 1 aliphatic heterocycles. The second kappa shape index (κ2) is 8.51. The molecule has 1 aliphatic rings. The van der Waals surface area contributed by atoms with E-state index in [0.717, 1.165) is 12.1 Å². The molecule has 5 rings (SSSR count). The second-order valence-electron chi connectivity index (χ2n) is 7.35. The van der Waals surface area contributed by atoms with E-state index in [1.54, 1.807) is 28.8 Å². The molecule has 0 atom stereocenters. The Labute approximate surface area is 188 Å². The number of ketones is 1. The molecule has 0 saturated carbocycles. The van der Waals surface area contributed by atoms with Crippen LogP contribution in [-0.2, 0) is 6.42 Å². The number of carbonyl (C=O) groups is 1. The van der Waals surface area contributed by atoms with Gasteiger partial charge < -0.3 is 9.47 Å². The number of ether oxygens (including phenoxy) is 2. The van der Waals surface area contributed by atoms with E-state index in [9.17, 15) is 9.59 Å². The van der Waals surface area contributed by atoms with Crippen LogP contribution in [0.1, 0.15) is 22.8 Å². The van der Waals surface area contributed by atoms with E-state index < -0.39 is 0 Å². The maximum Gasteiger partial charge on any atom is 0.266 e. The Morgan fingerprint density at radius 1 is 1.03 bits per heavy atom. The number of aromatic nitrogens is 2. The van der Waals surface area contributed by atoms with Crippen molar-refractivity contribution in [1.82, 2.24) is 9.55 Å². The van der Waals surface area contributed by atoms with Gasteiger partial charge in [0.05, 0.1) is 22.3 Å². The van der Waals surface area contributed by atoms with Crippen molar-refractivity contribution in [2.75, 3.05) is 12.5 Å². The molecule has 160 valence electrons. The zero-order valence-electron chi connectivity index (χ0n) is 17.4. The van der Waals surface area contributed by atoms with Crippen molar-refractivity contribution in [3.05, 3.63) is 88.2 Å². The molecule has 0 amide bonds. The van der Waals surface area contributed by atoms with Crippen molar-refractivity contribution in [3.8, 4) is 17.2 Å². The lowest BCUT2D eigenvalue weighted by Gasteiger charge is -2.13. The van der Waals surface area contributed by atoms with Crippen LogP contribution in [0.15, 0.2) is 76.7 Å². The van der Waals surface area contributed by atoms with Gasteiger partial charge in [0, 0.05) is 5.56 Å². The van der Waals surface area contributed by atoms with Crippen molar-refractivity contribution in [2.45, 2.75) is 18.5 Å². The zero-order chi connectivity index (χ0) is 22.1. The number of rotatable bonds is 6. The molecular weight excluding hydrogens is 424 g/mol. The quantitative estimate of drug-likeness (QED) is 0.245. The summed E-state index contributed by atoms with van der Waals surface area (Å²) in [6.45, 7) is 2.24. The average Bonchev–Trinajstić information content (AvgIpc) is 3.31. The number of nitrogens with zero attached hydrogens (tertiary/aromatic N) is 2. The number of thioether (sulfide) groups is 1. The van der Waals surface area contributed by atoms with E-state index in [0.29, 0.717) is 33.1 Å². The summed E-state index contributed by atoms with van der Waals surface area (Å²) in [6.07, 6.45) is 0.913. The lowest BCUT2D eigenvalue weighted by Crippen LogP contribution is -2.22. The monoisotopic (exact) mass is 444 g/mol. The molecule has 0 saturated heterocycles. The number of carbonyl (C=O) groups excluding carboxylic acids is 1. The van der Waals surface area contributed by atoms with Gasteiger partial charge in [0.1, 0.15) is 0 Å². The molecule has 0 N–H and O–H groups in total. The Balaban J connectivity index is 1.50. The lowest BCUT2D eigenvalue weighted by atomic mass is 10.1. The predicted molar refractivity (Wildman–Crippen MR) is 124 cm³/mol. The fourth-order valence-corrected chi connectivity index (χ4v) is 4.51. The predicted octanol–water partition coefficient (Wildman–Crippen LogP) is 4.65. The van der Waals surface area contributed by atoms with Crippen LogP contribution in [0.25, 0.3) is 16.6 Å². The van der Waals surface area contributed by atoms with Crippen LogP contribution >= 0.6 is 11.8 Å². The molecule has 2 heterocycles. The van der Waals surface area contributed by atoms with Gasteiger partial charge >= 0.3 is 0 Å². The van der Waals surface area contributed by atoms with Gasteiger partial charge in [-0.05, 0) is 54.4 Å². The van der Waals surface area contributed by atoms with Crippen molar-refractivity contribution in [1.29, 1.82) is 0 Å².